The fraction of sp³-hybridized carbons (Fsp3) is 0.857. The molecule has 0 spiro atoms. The Morgan fingerprint density at radius 3 is 2.70 bits per heavy atom. The zero-order valence-corrected chi connectivity index (χ0v) is 15.4. The van der Waals surface area contributed by atoms with Crippen LogP contribution in [0.1, 0.15) is 40.0 Å². The number of hydrogen-bond donors (Lipinski definition) is 2. The highest BCUT2D eigenvalue weighted by Gasteiger charge is 2.20. The van der Waals surface area contributed by atoms with E-state index in [1.807, 2.05) is 4.90 Å². The maximum Gasteiger partial charge on any atom is 0.224 e. The van der Waals surface area contributed by atoms with Crippen LogP contribution in [0.25, 0.3) is 0 Å². The van der Waals surface area contributed by atoms with Crippen molar-refractivity contribution in [2.45, 2.75) is 46.1 Å². The number of piperidine rings is 1. The van der Waals surface area contributed by atoms with Gasteiger partial charge in [-0.1, -0.05) is 6.92 Å². The van der Waals surface area contributed by atoms with Gasteiger partial charge in [0.25, 0.3) is 0 Å². The summed E-state index contributed by atoms with van der Waals surface area (Å²) < 4.78 is 0. The van der Waals surface area contributed by atoms with Crippen LogP contribution >= 0.6 is 24.0 Å². The minimum Gasteiger partial charge on any atom is -0.356 e. The summed E-state index contributed by atoms with van der Waals surface area (Å²) in [6.07, 6.45) is 2.91. The molecule has 1 amide bonds. The summed E-state index contributed by atoms with van der Waals surface area (Å²) >= 11 is 0. The van der Waals surface area contributed by atoms with Crippen molar-refractivity contribution in [1.29, 1.82) is 0 Å². The van der Waals surface area contributed by atoms with E-state index in [2.05, 4.69) is 36.4 Å². The SMILES string of the molecule is CN=C(NCCC(=O)N1CCCC(C)C1)NC(C)C.I. The van der Waals surface area contributed by atoms with Crippen molar-refractivity contribution in [3.05, 3.63) is 0 Å². The molecule has 0 bridgehead atoms. The minimum absolute atomic E-state index is 0. The van der Waals surface area contributed by atoms with Gasteiger partial charge in [-0.15, -0.1) is 24.0 Å². The fourth-order valence-electron chi connectivity index (χ4n) is 2.33. The molecule has 0 radical (unpaired) electrons. The number of carbonyl (C=O) groups is 1. The topological polar surface area (TPSA) is 56.7 Å². The Bertz CT molecular complexity index is 320. The van der Waals surface area contributed by atoms with Gasteiger partial charge in [-0.25, -0.2) is 0 Å². The van der Waals surface area contributed by atoms with Gasteiger partial charge in [-0.05, 0) is 32.6 Å². The predicted molar refractivity (Wildman–Crippen MR) is 94.6 cm³/mol. The molecule has 5 nitrogen and oxygen atoms in total. The van der Waals surface area contributed by atoms with E-state index < -0.39 is 0 Å². The first-order valence-electron chi connectivity index (χ1n) is 7.28. The van der Waals surface area contributed by atoms with Crippen LogP contribution in [0, 0.1) is 5.92 Å². The number of aliphatic imine (C=N–C) groups is 1. The van der Waals surface area contributed by atoms with E-state index in [0.717, 1.165) is 25.5 Å². The summed E-state index contributed by atoms with van der Waals surface area (Å²) in [5, 5.41) is 6.38. The second kappa shape index (κ2) is 10.2. The molecule has 1 unspecified atom stereocenters. The molecule has 1 rings (SSSR count). The Labute approximate surface area is 140 Å². The molecule has 0 aromatic rings. The highest BCUT2D eigenvalue weighted by Crippen LogP contribution is 2.15. The number of nitrogens with zero attached hydrogens (tertiary/aromatic N) is 2. The average molecular weight is 396 g/mol. The predicted octanol–water partition coefficient (Wildman–Crippen LogP) is 1.83. The van der Waals surface area contributed by atoms with Crippen molar-refractivity contribution >= 4 is 35.8 Å². The van der Waals surface area contributed by atoms with E-state index in [-0.39, 0.29) is 29.9 Å². The lowest BCUT2D eigenvalue weighted by molar-refractivity contribution is -0.132. The molecular weight excluding hydrogens is 367 g/mol. The van der Waals surface area contributed by atoms with Gasteiger partial charge in [-0.2, -0.15) is 0 Å². The first-order chi connectivity index (χ1) is 9.02. The van der Waals surface area contributed by atoms with E-state index in [1.54, 1.807) is 7.05 Å². The molecule has 2 N–H and O–H groups in total. The van der Waals surface area contributed by atoms with Crippen molar-refractivity contribution in [2.75, 3.05) is 26.7 Å². The number of nitrogens with one attached hydrogen (secondary N) is 2. The van der Waals surface area contributed by atoms with Crippen molar-refractivity contribution in [3.63, 3.8) is 0 Å². The summed E-state index contributed by atoms with van der Waals surface area (Å²) in [6, 6.07) is 0.338. The van der Waals surface area contributed by atoms with Crippen LogP contribution in [0.15, 0.2) is 4.99 Å². The molecule has 1 atom stereocenters. The van der Waals surface area contributed by atoms with Crippen molar-refractivity contribution in [3.8, 4) is 0 Å². The number of halogens is 1. The minimum atomic E-state index is 0. The van der Waals surface area contributed by atoms with Gasteiger partial charge in [0.2, 0.25) is 5.91 Å². The lowest BCUT2D eigenvalue weighted by atomic mass is 10.00. The molecule has 0 saturated carbocycles. The van der Waals surface area contributed by atoms with Crippen LogP contribution in [0.5, 0.6) is 0 Å². The van der Waals surface area contributed by atoms with Crippen molar-refractivity contribution < 1.29 is 4.79 Å². The number of amides is 1. The number of carbonyl (C=O) groups excluding carboxylic acids is 1. The van der Waals surface area contributed by atoms with Crippen LogP contribution in [0.2, 0.25) is 0 Å². The molecular formula is C14H29IN4O. The number of likely N-dealkylation sites (tertiary alicyclic amines) is 1. The number of guanidine groups is 1. The van der Waals surface area contributed by atoms with Gasteiger partial charge in [-0.3, -0.25) is 9.79 Å². The van der Waals surface area contributed by atoms with Crippen molar-refractivity contribution in [1.82, 2.24) is 15.5 Å². The van der Waals surface area contributed by atoms with E-state index in [1.165, 1.54) is 6.42 Å². The first-order valence-corrected chi connectivity index (χ1v) is 7.28. The summed E-state index contributed by atoms with van der Waals surface area (Å²) in [5.41, 5.74) is 0. The number of hydrogen-bond acceptors (Lipinski definition) is 2. The van der Waals surface area contributed by atoms with E-state index in [9.17, 15) is 4.79 Å². The molecule has 118 valence electrons. The number of rotatable bonds is 4. The monoisotopic (exact) mass is 396 g/mol. The molecule has 6 heteroatoms. The summed E-state index contributed by atoms with van der Waals surface area (Å²) in [6.45, 7) is 8.81. The van der Waals surface area contributed by atoms with Crippen molar-refractivity contribution in [2.24, 2.45) is 10.9 Å². The van der Waals surface area contributed by atoms with Gasteiger partial charge >= 0.3 is 0 Å². The zero-order valence-electron chi connectivity index (χ0n) is 13.1. The first kappa shape index (κ1) is 19.5. The summed E-state index contributed by atoms with van der Waals surface area (Å²) in [4.78, 5) is 18.2. The fourth-order valence-corrected chi connectivity index (χ4v) is 2.33. The van der Waals surface area contributed by atoms with Crippen LogP contribution in [0.4, 0.5) is 0 Å². The molecule has 1 aliphatic rings. The smallest absolute Gasteiger partial charge is 0.224 e. The largest absolute Gasteiger partial charge is 0.356 e. The van der Waals surface area contributed by atoms with Gasteiger partial charge in [0.15, 0.2) is 5.96 Å². The highest BCUT2D eigenvalue weighted by molar-refractivity contribution is 14.0. The van der Waals surface area contributed by atoms with Crippen LogP contribution in [0.3, 0.4) is 0 Å². The summed E-state index contributed by atoms with van der Waals surface area (Å²) in [5.74, 6) is 1.65. The quantitative estimate of drug-likeness (QED) is 0.433. The third-order valence-corrected chi connectivity index (χ3v) is 3.29. The Hall–Kier alpha value is -0.530. The molecule has 1 heterocycles. The standard InChI is InChI=1S/C14H28N4O.HI/c1-11(2)17-14(15-4)16-8-7-13(19)18-9-5-6-12(3)10-18;/h11-12H,5-10H2,1-4H3,(H2,15,16,17);1H. The molecule has 1 fully saturated rings. The second-order valence-electron chi connectivity index (χ2n) is 5.64. The molecule has 20 heavy (non-hydrogen) atoms. The van der Waals surface area contributed by atoms with Crippen LogP contribution in [-0.4, -0.2) is 49.5 Å². The second-order valence-corrected chi connectivity index (χ2v) is 5.64. The van der Waals surface area contributed by atoms with Crippen LogP contribution in [-0.2, 0) is 4.79 Å². The Morgan fingerprint density at radius 1 is 1.45 bits per heavy atom. The van der Waals surface area contributed by atoms with E-state index in [4.69, 9.17) is 0 Å². The van der Waals surface area contributed by atoms with Gasteiger partial charge in [0.1, 0.15) is 0 Å². The lowest BCUT2D eigenvalue weighted by Gasteiger charge is -2.31. The Morgan fingerprint density at radius 2 is 2.15 bits per heavy atom. The molecule has 1 saturated heterocycles. The lowest BCUT2D eigenvalue weighted by Crippen LogP contribution is -2.44. The van der Waals surface area contributed by atoms with Gasteiger partial charge in [0.05, 0.1) is 0 Å². The zero-order chi connectivity index (χ0) is 14.3. The molecule has 0 aromatic carbocycles. The normalized spacial score (nSPS) is 19.6. The third kappa shape index (κ3) is 7.31. The third-order valence-electron chi connectivity index (χ3n) is 3.29. The summed E-state index contributed by atoms with van der Waals surface area (Å²) in [7, 11) is 1.74. The van der Waals surface area contributed by atoms with Crippen LogP contribution < -0.4 is 10.6 Å². The average Bonchev–Trinajstić information content (AvgIpc) is 2.36. The Kier molecular flexibility index (Phi) is 9.96. The maximum absolute atomic E-state index is 12.1. The highest BCUT2D eigenvalue weighted by atomic mass is 127. The molecule has 0 aliphatic carbocycles. The van der Waals surface area contributed by atoms with Gasteiger partial charge < -0.3 is 15.5 Å². The Balaban J connectivity index is 0.00000361. The maximum atomic E-state index is 12.1. The van der Waals surface area contributed by atoms with Gasteiger partial charge in [0, 0.05) is 39.1 Å². The molecule has 1 aliphatic heterocycles. The molecule has 0 aromatic heterocycles. The van der Waals surface area contributed by atoms with E-state index >= 15 is 0 Å². The van der Waals surface area contributed by atoms with E-state index in [0.29, 0.717) is 24.9 Å².